The molecule has 2 aliphatic heterocycles. The van der Waals surface area contributed by atoms with Crippen LogP contribution in [0.1, 0.15) is 43.5 Å². The number of piperidine rings is 1. The van der Waals surface area contributed by atoms with Gasteiger partial charge in [0.05, 0.1) is 21.4 Å². The summed E-state index contributed by atoms with van der Waals surface area (Å²) in [6, 6.07) is 29.0. The Balaban J connectivity index is 1.49. The van der Waals surface area contributed by atoms with Crippen LogP contribution in [0.15, 0.2) is 96.1 Å². The summed E-state index contributed by atoms with van der Waals surface area (Å²) in [7, 11) is 0. The summed E-state index contributed by atoms with van der Waals surface area (Å²) in [6.45, 7) is 3.75. The molecule has 2 aliphatic rings. The van der Waals surface area contributed by atoms with Crippen molar-refractivity contribution < 1.29 is 9.53 Å². The number of para-hydroxylation sites is 1. The van der Waals surface area contributed by atoms with E-state index in [1.165, 1.54) is 13.3 Å². The van der Waals surface area contributed by atoms with Gasteiger partial charge in [0.1, 0.15) is 12.4 Å². The molecule has 43 heavy (non-hydrogen) atoms. The molecule has 1 atom stereocenters. The third kappa shape index (κ3) is 6.19. The lowest BCUT2D eigenvalue weighted by Crippen LogP contribution is -2.38. The fourth-order valence-electron chi connectivity index (χ4n) is 5.68. The maximum absolute atomic E-state index is 13.2. The second-order valence-corrected chi connectivity index (χ2v) is 11.9. The van der Waals surface area contributed by atoms with Crippen molar-refractivity contribution in [3.05, 3.63) is 117 Å². The minimum absolute atomic E-state index is 0.195. The lowest BCUT2D eigenvalue weighted by Gasteiger charge is -2.34. The Morgan fingerprint density at radius 3 is 2.21 bits per heavy atom. The zero-order valence-corrected chi connectivity index (χ0v) is 26.0. The van der Waals surface area contributed by atoms with E-state index in [9.17, 15) is 4.79 Å². The number of benzene rings is 4. The van der Waals surface area contributed by atoms with Gasteiger partial charge in [-0.1, -0.05) is 83.3 Å². The summed E-state index contributed by atoms with van der Waals surface area (Å²) in [5.74, 6) is 0.530. The number of anilines is 3. The second-order valence-electron chi connectivity index (χ2n) is 10.7. The number of amidine groups is 1. The first-order chi connectivity index (χ1) is 20.9. The summed E-state index contributed by atoms with van der Waals surface area (Å²) < 4.78 is 6.40. The van der Waals surface area contributed by atoms with Crippen molar-refractivity contribution in [2.24, 2.45) is 5.10 Å². The number of hydrogen-bond donors (Lipinski definition) is 0. The number of halogens is 3. The van der Waals surface area contributed by atoms with E-state index in [-0.39, 0.29) is 11.6 Å². The van der Waals surface area contributed by atoms with Crippen LogP contribution >= 0.6 is 34.8 Å². The summed E-state index contributed by atoms with van der Waals surface area (Å²) in [5, 5.41) is 8.09. The van der Waals surface area contributed by atoms with Crippen molar-refractivity contribution in [2.45, 2.75) is 39.0 Å². The van der Waals surface area contributed by atoms with E-state index in [4.69, 9.17) is 44.6 Å². The average molecular weight is 634 g/mol. The largest absolute Gasteiger partial charge is 0.487 e. The van der Waals surface area contributed by atoms with Crippen molar-refractivity contribution >= 4 is 63.5 Å². The number of carbonyl (C=O) groups is 1. The van der Waals surface area contributed by atoms with E-state index >= 15 is 0 Å². The lowest BCUT2D eigenvalue weighted by atomic mass is 10.1. The topological polar surface area (TPSA) is 48.4 Å². The number of nitrogens with zero attached hydrogens (tertiary/aromatic N) is 4. The zero-order chi connectivity index (χ0) is 29.9. The van der Waals surface area contributed by atoms with Crippen molar-refractivity contribution in [3.63, 3.8) is 0 Å². The van der Waals surface area contributed by atoms with Gasteiger partial charge in [-0.3, -0.25) is 9.69 Å². The van der Waals surface area contributed by atoms with E-state index < -0.39 is 6.17 Å². The molecule has 0 amide bonds. The Morgan fingerprint density at radius 2 is 1.53 bits per heavy atom. The van der Waals surface area contributed by atoms with Gasteiger partial charge in [0.15, 0.2) is 17.8 Å². The van der Waals surface area contributed by atoms with Crippen molar-refractivity contribution in [1.29, 1.82) is 0 Å². The zero-order valence-electron chi connectivity index (χ0n) is 23.7. The van der Waals surface area contributed by atoms with Crippen LogP contribution in [0, 0.1) is 0 Å². The Labute approximate surface area is 267 Å². The molecule has 0 unspecified atom stereocenters. The molecule has 1 saturated heterocycles. The number of hydrazone groups is 1. The van der Waals surface area contributed by atoms with Gasteiger partial charge in [-0.15, -0.1) is 5.10 Å². The molecule has 220 valence electrons. The first kappa shape index (κ1) is 29.4. The molecule has 6 rings (SSSR count). The van der Waals surface area contributed by atoms with E-state index in [1.54, 1.807) is 11.1 Å². The number of Topliss-reactive ketones (excluding diaryl/α,β-unsaturated/α-hetero) is 1. The van der Waals surface area contributed by atoms with Gasteiger partial charge >= 0.3 is 0 Å². The maximum Gasteiger partial charge on any atom is 0.198 e. The second kappa shape index (κ2) is 12.9. The SMILES string of the molecule is CC(=O)C1=NN(c2ccccc2)[C@@H](c2cc(Cl)cc(Cl)c2OCc2ccccc2)N1c1ccc(N2CCCCC2)c(Cl)c1. The third-order valence-corrected chi connectivity index (χ3v) is 8.49. The Kier molecular flexibility index (Phi) is 8.80. The summed E-state index contributed by atoms with van der Waals surface area (Å²) in [5.41, 5.74) is 4.14. The fourth-order valence-corrected chi connectivity index (χ4v) is 6.53. The fraction of sp³-hybridized carbons (Fsp3) is 0.235. The van der Waals surface area contributed by atoms with Crippen LogP contribution in [-0.2, 0) is 11.4 Å². The highest BCUT2D eigenvalue weighted by Crippen LogP contribution is 2.46. The normalized spacial score (nSPS) is 16.8. The van der Waals surface area contributed by atoms with Crippen LogP contribution in [0.3, 0.4) is 0 Å². The van der Waals surface area contributed by atoms with Crippen molar-refractivity contribution in [1.82, 2.24) is 0 Å². The van der Waals surface area contributed by atoms with Gasteiger partial charge in [-0.25, -0.2) is 5.01 Å². The van der Waals surface area contributed by atoms with E-state index in [2.05, 4.69) is 4.90 Å². The molecular weight excluding hydrogens is 603 g/mol. The highest BCUT2D eigenvalue weighted by molar-refractivity contribution is 6.44. The first-order valence-electron chi connectivity index (χ1n) is 14.3. The third-order valence-electron chi connectivity index (χ3n) is 7.69. The molecule has 1 fully saturated rings. The van der Waals surface area contributed by atoms with Gasteiger partial charge in [0, 0.05) is 36.3 Å². The number of ketones is 1. The lowest BCUT2D eigenvalue weighted by molar-refractivity contribution is -0.111. The monoisotopic (exact) mass is 632 g/mol. The van der Waals surface area contributed by atoms with Gasteiger partial charge in [0.2, 0.25) is 0 Å². The van der Waals surface area contributed by atoms with Crippen LogP contribution in [-0.4, -0.2) is 24.7 Å². The van der Waals surface area contributed by atoms with Crippen LogP contribution in [0.5, 0.6) is 5.75 Å². The van der Waals surface area contributed by atoms with Gasteiger partial charge in [-0.2, -0.15) is 0 Å². The Bertz CT molecular complexity index is 1640. The molecule has 6 nitrogen and oxygen atoms in total. The molecule has 4 aromatic carbocycles. The van der Waals surface area contributed by atoms with Gasteiger partial charge in [0.25, 0.3) is 0 Å². The molecule has 9 heteroatoms. The highest BCUT2D eigenvalue weighted by Gasteiger charge is 2.41. The number of carbonyl (C=O) groups excluding carboxylic acids is 1. The number of hydrogen-bond acceptors (Lipinski definition) is 6. The molecule has 0 saturated carbocycles. The van der Waals surface area contributed by atoms with Crippen LogP contribution in [0.25, 0.3) is 0 Å². The molecule has 4 aromatic rings. The molecule has 0 bridgehead atoms. The van der Waals surface area contributed by atoms with Crippen molar-refractivity contribution in [3.8, 4) is 5.75 Å². The molecule has 0 spiro atoms. The predicted molar refractivity (Wildman–Crippen MR) is 177 cm³/mol. The summed E-state index contributed by atoms with van der Waals surface area (Å²) in [4.78, 5) is 17.4. The number of ether oxygens (including phenoxy) is 1. The molecular formula is C34H31Cl3N4O2. The van der Waals surface area contributed by atoms with E-state index in [0.29, 0.717) is 38.7 Å². The van der Waals surface area contributed by atoms with Gasteiger partial charge in [-0.05, 0) is 67.3 Å². The van der Waals surface area contributed by atoms with Crippen molar-refractivity contribution in [2.75, 3.05) is 27.9 Å². The molecule has 0 aromatic heterocycles. The quantitative estimate of drug-likeness (QED) is 0.194. The standard InChI is InChI=1S/C34H31Cl3N4O2/c1-23(42)33-38-41(26-13-7-3-8-14-26)34(40(33)27-15-16-31(29(36)21-27)39-17-9-4-10-18-39)28-19-25(35)20-30(37)32(28)43-22-24-11-5-2-6-12-24/h2-3,5-8,11-16,19-21,34H,4,9-10,17-18,22H2,1H3/t34-/m0/s1. The van der Waals surface area contributed by atoms with Crippen LogP contribution in [0.2, 0.25) is 15.1 Å². The highest BCUT2D eigenvalue weighted by atomic mass is 35.5. The van der Waals surface area contributed by atoms with Crippen LogP contribution in [0.4, 0.5) is 17.1 Å². The van der Waals surface area contributed by atoms with E-state index in [1.807, 2.05) is 89.8 Å². The molecule has 0 radical (unpaired) electrons. The molecule has 2 heterocycles. The minimum atomic E-state index is -0.653. The Hall–Kier alpha value is -3.71. The number of rotatable bonds is 8. The predicted octanol–water partition coefficient (Wildman–Crippen LogP) is 9.14. The maximum atomic E-state index is 13.2. The summed E-state index contributed by atoms with van der Waals surface area (Å²) in [6.07, 6.45) is 2.86. The van der Waals surface area contributed by atoms with Gasteiger partial charge < -0.3 is 9.64 Å². The smallest absolute Gasteiger partial charge is 0.198 e. The minimum Gasteiger partial charge on any atom is -0.487 e. The molecule has 0 aliphatic carbocycles. The first-order valence-corrected chi connectivity index (χ1v) is 15.5. The van der Waals surface area contributed by atoms with E-state index in [0.717, 1.165) is 42.9 Å². The Morgan fingerprint density at radius 1 is 0.837 bits per heavy atom. The van der Waals surface area contributed by atoms with Crippen LogP contribution < -0.4 is 19.5 Å². The average Bonchev–Trinajstić information content (AvgIpc) is 3.43. The summed E-state index contributed by atoms with van der Waals surface area (Å²) >= 11 is 20.4. The molecule has 0 N–H and O–H groups in total.